The number of rotatable bonds is 8. The van der Waals surface area contributed by atoms with Crippen LogP contribution in [0.2, 0.25) is 0 Å². The van der Waals surface area contributed by atoms with Gasteiger partial charge in [-0.05, 0) is 55.5 Å². The molecule has 1 atom stereocenters. The summed E-state index contributed by atoms with van der Waals surface area (Å²) >= 11 is 0. The molecule has 174 valence electrons. The van der Waals surface area contributed by atoms with Gasteiger partial charge >= 0.3 is 0 Å². The van der Waals surface area contributed by atoms with Crippen LogP contribution in [0.25, 0.3) is 0 Å². The smallest absolute Gasteiger partial charge is 0.204 e. The van der Waals surface area contributed by atoms with Crippen molar-refractivity contribution in [2.75, 3.05) is 20.2 Å². The van der Waals surface area contributed by atoms with Crippen LogP contribution in [0.15, 0.2) is 53.5 Å². The van der Waals surface area contributed by atoms with Gasteiger partial charge < -0.3 is 14.8 Å². The van der Waals surface area contributed by atoms with E-state index in [0.29, 0.717) is 37.0 Å². The van der Waals surface area contributed by atoms with Gasteiger partial charge in [-0.25, -0.2) is 0 Å². The summed E-state index contributed by atoms with van der Waals surface area (Å²) in [7, 11) is 1.64. The Morgan fingerprint density at radius 2 is 1.91 bits per heavy atom. The number of methoxy groups -OCH3 is 1. The summed E-state index contributed by atoms with van der Waals surface area (Å²) < 4.78 is 11.8. The van der Waals surface area contributed by atoms with Gasteiger partial charge in [-0.1, -0.05) is 36.1 Å². The van der Waals surface area contributed by atoms with Gasteiger partial charge in [0, 0.05) is 12.1 Å². The molecule has 0 aliphatic heterocycles. The summed E-state index contributed by atoms with van der Waals surface area (Å²) in [5.41, 5.74) is 1.87. The molecule has 0 radical (unpaired) electrons. The monoisotopic (exact) mass is 455 g/mol. The second-order valence-electron chi connectivity index (χ2n) is 7.88. The van der Waals surface area contributed by atoms with E-state index in [2.05, 4.69) is 33.5 Å². The van der Waals surface area contributed by atoms with Gasteiger partial charge in [-0.2, -0.15) is 10.5 Å². The Bertz CT molecular complexity index is 1100. The molecule has 0 bridgehead atoms. The van der Waals surface area contributed by atoms with Crippen LogP contribution < -0.4 is 20.1 Å². The fraction of sp³-hybridized carbons (Fsp3) is 0.370. The van der Waals surface area contributed by atoms with Crippen molar-refractivity contribution in [2.45, 2.75) is 44.1 Å². The number of hydrogen-bond donors (Lipinski definition) is 2. The molecule has 1 fully saturated rings. The van der Waals surface area contributed by atoms with E-state index in [0.717, 1.165) is 24.0 Å². The Kier molecular flexibility index (Phi) is 9.66. The van der Waals surface area contributed by atoms with Gasteiger partial charge in [-0.15, -0.1) is 0 Å². The molecule has 3 rings (SSSR count). The first kappa shape index (κ1) is 24.5. The van der Waals surface area contributed by atoms with Crippen LogP contribution in [-0.2, 0) is 0 Å². The van der Waals surface area contributed by atoms with Gasteiger partial charge in [0.2, 0.25) is 5.96 Å². The predicted octanol–water partition coefficient (Wildman–Crippen LogP) is 4.08. The quantitative estimate of drug-likeness (QED) is 0.155. The molecule has 0 spiro atoms. The minimum Gasteiger partial charge on any atom is -0.493 e. The second-order valence-corrected chi connectivity index (χ2v) is 7.88. The maximum absolute atomic E-state index is 9.05. The molecule has 2 aromatic rings. The number of guanidine groups is 1. The zero-order valence-corrected chi connectivity index (χ0v) is 19.4. The van der Waals surface area contributed by atoms with Crippen LogP contribution in [0.4, 0.5) is 0 Å². The lowest BCUT2D eigenvalue weighted by atomic mass is 9.98. The molecular weight excluding hydrogens is 426 g/mol. The van der Waals surface area contributed by atoms with Gasteiger partial charge in [0.25, 0.3) is 0 Å². The number of nitriles is 2. The van der Waals surface area contributed by atoms with Crippen LogP contribution in [0.3, 0.4) is 0 Å². The van der Waals surface area contributed by atoms with Gasteiger partial charge in [0.05, 0.1) is 38.2 Å². The fourth-order valence-electron chi connectivity index (χ4n) is 3.73. The summed E-state index contributed by atoms with van der Waals surface area (Å²) in [6.45, 7) is 0.713. The first-order chi connectivity index (χ1) is 16.7. The van der Waals surface area contributed by atoms with Crippen molar-refractivity contribution in [2.24, 2.45) is 4.99 Å². The highest BCUT2D eigenvalue weighted by Crippen LogP contribution is 2.34. The Morgan fingerprint density at radius 1 is 1.12 bits per heavy atom. The molecule has 1 aliphatic rings. The van der Waals surface area contributed by atoms with E-state index in [1.54, 1.807) is 7.11 Å². The maximum atomic E-state index is 9.05. The normalized spacial score (nSPS) is 14.1. The van der Waals surface area contributed by atoms with E-state index in [1.165, 1.54) is 12.8 Å². The third kappa shape index (κ3) is 7.47. The van der Waals surface area contributed by atoms with E-state index in [1.807, 2.05) is 54.7 Å². The Labute approximate surface area is 201 Å². The topological polar surface area (TPSA) is 102 Å². The third-order valence-electron chi connectivity index (χ3n) is 5.49. The molecule has 2 N–H and O–H groups in total. The molecule has 1 aliphatic carbocycles. The molecule has 0 heterocycles. The van der Waals surface area contributed by atoms with Crippen molar-refractivity contribution in [1.29, 1.82) is 10.5 Å². The standard InChI is InChI=1S/C27H29N5O2/c1-33-25-15-14-22(18-26(25)34-24-10-5-6-11-24)23(13-12-21-8-3-2-4-9-21)19-31-27(32-20-29)30-17-7-16-28/h2-4,8-9,14-15,18,23-24H,5-7,10-11,17,19H2,1H3,(H2,30,31,32). The van der Waals surface area contributed by atoms with Gasteiger partial charge in [0.15, 0.2) is 17.7 Å². The SMILES string of the molecule is COc1ccc(C(C#Cc2ccccc2)CN=C(NC#N)NCCC#N)cc1OC1CCCC1. The lowest BCUT2D eigenvalue weighted by molar-refractivity contribution is 0.200. The number of ether oxygens (including phenoxy) is 2. The van der Waals surface area contributed by atoms with Crippen LogP contribution in [0, 0.1) is 34.6 Å². The zero-order chi connectivity index (χ0) is 24.0. The Morgan fingerprint density at radius 3 is 2.62 bits per heavy atom. The van der Waals surface area contributed by atoms with Crippen LogP contribution in [-0.4, -0.2) is 32.3 Å². The molecule has 34 heavy (non-hydrogen) atoms. The summed E-state index contributed by atoms with van der Waals surface area (Å²) in [4.78, 5) is 4.54. The number of aliphatic imine (C=N–C) groups is 1. The van der Waals surface area contributed by atoms with E-state index in [9.17, 15) is 0 Å². The highest BCUT2D eigenvalue weighted by molar-refractivity contribution is 5.81. The predicted molar refractivity (Wildman–Crippen MR) is 131 cm³/mol. The van der Waals surface area contributed by atoms with Crippen molar-refractivity contribution in [3.05, 3.63) is 59.7 Å². The summed E-state index contributed by atoms with van der Waals surface area (Å²) in [5.74, 6) is 8.04. The number of hydrogen-bond acceptors (Lipinski definition) is 5. The summed E-state index contributed by atoms with van der Waals surface area (Å²) in [6, 6.07) is 17.7. The number of nitrogens with one attached hydrogen (secondary N) is 2. The second kappa shape index (κ2) is 13.4. The van der Waals surface area contributed by atoms with Crippen molar-refractivity contribution in [3.8, 4) is 35.6 Å². The largest absolute Gasteiger partial charge is 0.493 e. The van der Waals surface area contributed by atoms with Gasteiger partial charge in [-0.3, -0.25) is 10.3 Å². The van der Waals surface area contributed by atoms with Crippen molar-refractivity contribution >= 4 is 5.96 Å². The lowest BCUT2D eigenvalue weighted by Gasteiger charge is -2.18. The molecule has 0 amide bonds. The molecule has 1 saturated carbocycles. The van der Waals surface area contributed by atoms with Crippen molar-refractivity contribution < 1.29 is 9.47 Å². The van der Waals surface area contributed by atoms with Crippen LogP contribution >= 0.6 is 0 Å². The number of benzene rings is 2. The van der Waals surface area contributed by atoms with E-state index in [-0.39, 0.29) is 12.0 Å². The molecule has 1 unspecified atom stereocenters. The molecule has 7 nitrogen and oxygen atoms in total. The average molecular weight is 456 g/mol. The van der Waals surface area contributed by atoms with Crippen LogP contribution in [0.5, 0.6) is 11.5 Å². The Hall–Kier alpha value is -4.15. The maximum Gasteiger partial charge on any atom is 0.204 e. The molecular formula is C27H29N5O2. The summed E-state index contributed by atoms with van der Waals surface area (Å²) in [6.07, 6.45) is 6.85. The summed E-state index contributed by atoms with van der Waals surface area (Å²) in [5, 5.41) is 23.3. The molecule has 7 heteroatoms. The van der Waals surface area contributed by atoms with Crippen molar-refractivity contribution in [3.63, 3.8) is 0 Å². The number of nitrogens with zero attached hydrogens (tertiary/aromatic N) is 3. The third-order valence-corrected chi connectivity index (χ3v) is 5.49. The minimum absolute atomic E-state index is 0.201. The Balaban J connectivity index is 1.89. The lowest BCUT2D eigenvalue weighted by Crippen LogP contribution is -2.35. The zero-order valence-electron chi connectivity index (χ0n) is 19.4. The molecule has 0 saturated heterocycles. The molecule has 0 aromatic heterocycles. The van der Waals surface area contributed by atoms with E-state index in [4.69, 9.17) is 20.0 Å². The first-order valence-corrected chi connectivity index (χ1v) is 11.4. The fourth-order valence-corrected chi connectivity index (χ4v) is 3.73. The molecule has 2 aromatic carbocycles. The average Bonchev–Trinajstić information content (AvgIpc) is 3.38. The van der Waals surface area contributed by atoms with Crippen LogP contribution in [0.1, 0.15) is 49.1 Å². The highest BCUT2D eigenvalue weighted by atomic mass is 16.5. The minimum atomic E-state index is -0.245. The van der Waals surface area contributed by atoms with Gasteiger partial charge in [0.1, 0.15) is 0 Å². The van der Waals surface area contributed by atoms with Crippen molar-refractivity contribution in [1.82, 2.24) is 10.6 Å². The highest BCUT2D eigenvalue weighted by Gasteiger charge is 2.20. The van der Waals surface area contributed by atoms with E-state index < -0.39 is 0 Å². The van der Waals surface area contributed by atoms with E-state index >= 15 is 0 Å². The first-order valence-electron chi connectivity index (χ1n) is 11.4.